The molecule has 388 valence electrons. The summed E-state index contributed by atoms with van der Waals surface area (Å²) in [4.78, 5) is 38.1. The molecule has 0 aliphatic rings. The summed E-state index contributed by atoms with van der Waals surface area (Å²) < 4.78 is 16.8. The maximum atomic E-state index is 12.8. The van der Waals surface area contributed by atoms with Gasteiger partial charge < -0.3 is 14.2 Å². The van der Waals surface area contributed by atoms with Crippen LogP contribution in [0.25, 0.3) is 0 Å². The summed E-state index contributed by atoms with van der Waals surface area (Å²) in [6.45, 7) is 6.28. The first-order valence-electron chi connectivity index (χ1n) is 27.8. The van der Waals surface area contributed by atoms with Crippen LogP contribution in [0, 0.1) is 0 Å². The Bertz CT molecular complexity index is 1510. The monoisotopic (exact) mass is 953 g/mol. The third kappa shape index (κ3) is 54.4. The molecule has 0 saturated heterocycles. The Morgan fingerprint density at radius 1 is 0.304 bits per heavy atom. The van der Waals surface area contributed by atoms with Crippen molar-refractivity contribution in [3.05, 3.63) is 134 Å². The number of ether oxygens (including phenoxy) is 3. The van der Waals surface area contributed by atoms with Crippen molar-refractivity contribution in [1.29, 1.82) is 0 Å². The van der Waals surface area contributed by atoms with Gasteiger partial charge in [-0.05, 0) is 83.5 Å². The summed E-state index contributed by atoms with van der Waals surface area (Å²) in [6.07, 6.45) is 78.6. The van der Waals surface area contributed by atoms with Crippen molar-refractivity contribution in [1.82, 2.24) is 0 Å². The average molecular weight is 953 g/mol. The van der Waals surface area contributed by atoms with Crippen molar-refractivity contribution in [2.24, 2.45) is 0 Å². The maximum absolute atomic E-state index is 12.8. The summed E-state index contributed by atoms with van der Waals surface area (Å²) in [7, 11) is 0. The minimum absolute atomic E-state index is 0.107. The molecule has 1 atom stereocenters. The predicted octanol–water partition coefficient (Wildman–Crippen LogP) is 18.6. The van der Waals surface area contributed by atoms with Gasteiger partial charge in [-0.1, -0.05) is 257 Å². The number of carbonyl (C=O) groups is 3. The summed E-state index contributed by atoms with van der Waals surface area (Å²) in [6, 6.07) is 0. The van der Waals surface area contributed by atoms with Crippen molar-refractivity contribution in [3.8, 4) is 0 Å². The molecule has 0 saturated carbocycles. The van der Waals surface area contributed by atoms with Gasteiger partial charge in [0.15, 0.2) is 6.10 Å². The highest BCUT2D eigenvalue weighted by atomic mass is 16.6. The van der Waals surface area contributed by atoms with E-state index in [1.807, 2.05) is 60.8 Å². The topological polar surface area (TPSA) is 78.9 Å². The van der Waals surface area contributed by atoms with E-state index in [0.717, 1.165) is 77.0 Å². The van der Waals surface area contributed by atoms with E-state index in [2.05, 4.69) is 93.7 Å². The van der Waals surface area contributed by atoms with E-state index in [1.165, 1.54) is 103 Å². The maximum Gasteiger partial charge on any atom is 0.306 e. The molecule has 1 unspecified atom stereocenters. The van der Waals surface area contributed by atoms with Gasteiger partial charge in [0.1, 0.15) is 13.2 Å². The van der Waals surface area contributed by atoms with Crippen molar-refractivity contribution >= 4 is 17.9 Å². The van der Waals surface area contributed by atoms with Crippen LogP contribution in [0.15, 0.2) is 134 Å². The van der Waals surface area contributed by atoms with Gasteiger partial charge in [-0.2, -0.15) is 0 Å². The molecule has 0 aromatic rings. The number of allylic oxidation sites excluding steroid dienone is 22. The molecule has 6 nitrogen and oxygen atoms in total. The first-order valence-corrected chi connectivity index (χ1v) is 27.8. The lowest BCUT2D eigenvalue weighted by Gasteiger charge is -2.18. The zero-order valence-corrected chi connectivity index (χ0v) is 44.3. The lowest BCUT2D eigenvalue weighted by molar-refractivity contribution is -0.167. The summed E-state index contributed by atoms with van der Waals surface area (Å²) >= 11 is 0. The molecule has 0 fully saturated rings. The molecule has 0 aromatic carbocycles. The lowest BCUT2D eigenvalue weighted by atomic mass is 10.1. The van der Waals surface area contributed by atoms with Crippen LogP contribution in [0.2, 0.25) is 0 Å². The van der Waals surface area contributed by atoms with E-state index < -0.39 is 6.10 Å². The Morgan fingerprint density at radius 2 is 0.565 bits per heavy atom. The summed E-state index contributed by atoms with van der Waals surface area (Å²) in [5, 5.41) is 0. The summed E-state index contributed by atoms with van der Waals surface area (Å²) in [5.41, 5.74) is 0. The van der Waals surface area contributed by atoms with E-state index >= 15 is 0 Å². The highest BCUT2D eigenvalue weighted by Gasteiger charge is 2.19. The minimum Gasteiger partial charge on any atom is -0.462 e. The Balaban J connectivity index is 4.51. The molecule has 6 heteroatoms. The van der Waals surface area contributed by atoms with Crippen molar-refractivity contribution in [3.63, 3.8) is 0 Å². The molecular formula is C63H100O6. The molecule has 0 amide bonds. The Morgan fingerprint density at radius 3 is 0.913 bits per heavy atom. The first kappa shape index (κ1) is 64.5. The number of unbranched alkanes of at least 4 members (excludes halogenated alkanes) is 23. The van der Waals surface area contributed by atoms with Crippen LogP contribution in [0.4, 0.5) is 0 Å². The Kier molecular flexibility index (Phi) is 52.5. The fourth-order valence-corrected chi connectivity index (χ4v) is 7.23. The quantitative estimate of drug-likeness (QED) is 0.0262. The fourth-order valence-electron chi connectivity index (χ4n) is 7.23. The van der Waals surface area contributed by atoms with Crippen molar-refractivity contribution in [2.75, 3.05) is 13.2 Å². The van der Waals surface area contributed by atoms with Crippen LogP contribution in [-0.2, 0) is 28.6 Å². The molecular weight excluding hydrogens is 853 g/mol. The van der Waals surface area contributed by atoms with Gasteiger partial charge in [0.05, 0.1) is 0 Å². The highest BCUT2D eigenvalue weighted by molar-refractivity contribution is 5.71. The van der Waals surface area contributed by atoms with E-state index in [4.69, 9.17) is 14.2 Å². The van der Waals surface area contributed by atoms with Gasteiger partial charge in [0.2, 0.25) is 0 Å². The molecule has 0 aliphatic carbocycles. The Hall–Kier alpha value is -4.45. The third-order valence-corrected chi connectivity index (χ3v) is 11.4. The Labute approximate surface area is 424 Å². The van der Waals surface area contributed by atoms with Gasteiger partial charge in [-0.3, -0.25) is 14.4 Å². The van der Waals surface area contributed by atoms with Gasteiger partial charge in [-0.25, -0.2) is 0 Å². The lowest BCUT2D eigenvalue weighted by Crippen LogP contribution is -2.30. The first-order chi connectivity index (χ1) is 34.0. The molecule has 0 aromatic heterocycles. The standard InChI is InChI=1S/C63H100O6/c1-4-7-10-13-16-19-22-25-28-30-31-33-35-38-41-44-47-50-53-56-62(65)68-59-60(58-67-61(64)55-52-49-46-43-40-37-34-27-24-21-18-15-12-9-6-3)69-63(66)57-54-51-48-45-42-39-36-32-29-26-23-20-17-14-11-8-5-2/h8-9,11-12,14-26,29,32,36,39,42,60H,4-7,10,13,27-28,30-31,33-35,37-38,40-41,43-59H2,1-3H3/b11-8-,12-9-,17-14-,18-15-,19-16-,23-20-,24-21-,25-22-,29-26-,36-32+,42-39-. The number of hydrogen-bond acceptors (Lipinski definition) is 6. The van der Waals surface area contributed by atoms with Crippen molar-refractivity contribution in [2.45, 2.75) is 232 Å². The van der Waals surface area contributed by atoms with E-state index in [1.54, 1.807) is 0 Å². The zero-order valence-electron chi connectivity index (χ0n) is 44.3. The highest BCUT2D eigenvalue weighted by Crippen LogP contribution is 2.14. The average Bonchev–Trinajstić information content (AvgIpc) is 3.35. The molecule has 0 aliphatic heterocycles. The molecule has 0 N–H and O–H groups in total. The van der Waals surface area contributed by atoms with Crippen LogP contribution in [0.5, 0.6) is 0 Å². The largest absolute Gasteiger partial charge is 0.462 e. The van der Waals surface area contributed by atoms with E-state index in [-0.39, 0.29) is 37.5 Å². The number of carbonyl (C=O) groups excluding carboxylic acids is 3. The zero-order chi connectivity index (χ0) is 50.0. The van der Waals surface area contributed by atoms with Crippen LogP contribution in [0.3, 0.4) is 0 Å². The summed E-state index contributed by atoms with van der Waals surface area (Å²) in [5.74, 6) is -0.971. The number of esters is 3. The van der Waals surface area contributed by atoms with Crippen LogP contribution in [0.1, 0.15) is 226 Å². The molecule has 0 rings (SSSR count). The molecule has 0 radical (unpaired) electrons. The van der Waals surface area contributed by atoms with Crippen molar-refractivity contribution < 1.29 is 28.6 Å². The number of hydrogen-bond donors (Lipinski definition) is 0. The fraction of sp³-hybridized carbons (Fsp3) is 0.603. The molecule has 0 spiro atoms. The van der Waals surface area contributed by atoms with Crippen LogP contribution >= 0.6 is 0 Å². The van der Waals surface area contributed by atoms with Crippen LogP contribution in [-0.4, -0.2) is 37.2 Å². The van der Waals surface area contributed by atoms with Crippen LogP contribution < -0.4 is 0 Å². The predicted molar refractivity (Wildman–Crippen MR) is 297 cm³/mol. The molecule has 0 heterocycles. The third-order valence-electron chi connectivity index (χ3n) is 11.4. The molecule has 69 heavy (non-hydrogen) atoms. The van der Waals surface area contributed by atoms with Gasteiger partial charge >= 0.3 is 17.9 Å². The number of rotatable bonds is 48. The van der Waals surface area contributed by atoms with Gasteiger partial charge in [-0.15, -0.1) is 0 Å². The smallest absolute Gasteiger partial charge is 0.306 e. The van der Waals surface area contributed by atoms with Gasteiger partial charge in [0.25, 0.3) is 0 Å². The molecule has 0 bridgehead atoms. The van der Waals surface area contributed by atoms with Gasteiger partial charge in [0, 0.05) is 19.3 Å². The SMILES string of the molecule is CC\C=C/C=C\C=C/C=C\C=C\C=C/CCCCCC(=O)OC(COC(=O)CCCCCCCCC\C=C/C=C\C=C/CC)COC(=O)CCCCCCCCCCCC/C=C\C=C/CCCCC. The second-order valence-corrected chi connectivity index (χ2v) is 18.0. The minimum atomic E-state index is -0.813. The second kappa shape index (κ2) is 56.1. The normalized spacial score (nSPS) is 13.1. The second-order valence-electron chi connectivity index (χ2n) is 18.0. The van der Waals surface area contributed by atoms with E-state index in [9.17, 15) is 14.4 Å². The van der Waals surface area contributed by atoms with E-state index in [0.29, 0.717) is 19.3 Å².